The molecular weight excluding hydrogens is 367 g/mol. The van der Waals surface area contributed by atoms with Gasteiger partial charge in [-0.3, -0.25) is 15.0 Å². The lowest BCUT2D eigenvalue weighted by atomic mass is 10.2. The number of alkyl halides is 1. The fraction of sp³-hybridized carbons (Fsp3) is 0.200. The number of nitrogens with zero attached hydrogens (tertiary/aromatic N) is 4. The molecule has 10 heteroatoms. The Bertz CT molecular complexity index is 937. The minimum absolute atomic E-state index is 0.196. The minimum atomic E-state index is -0.902. The summed E-state index contributed by atoms with van der Waals surface area (Å²) in [6.45, 7) is 0. The van der Waals surface area contributed by atoms with Crippen LogP contribution in [-0.2, 0) is 4.79 Å². The topological polar surface area (TPSA) is 86.8 Å². The predicted octanol–water partition coefficient (Wildman–Crippen LogP) is 2.11. The summed E-state index contributed by atoms with van der Waals surface area (Å²) in [5.41, 5.74) is 0.577. The zero-order chi connectivity index (χ0) is 17.4. The molecule has 2 atom stereocenters. The number of anilines is 1. The number of imidazole rings is 1. The summed E-state index contributed by atoms with van der Waals surface area (Å²) in [5, 5.41) is 3.65. The molecule has 2 aromatic heterocycles. The van der Waals surface area contributed by atoms with Gasteiger partial charge in [0.25, 0.3) is 5.91 Å². The smallest absolute Gasteiger partial charge is 0.261 e. The fourth-order valence-electron chi connectivity index (χ4n) is 2.65. The van der Waals surface area contributed by atoms with E-state index in [1.165, 1.54) is 29.1 Å². The van der Waals surface area contributed by atoms with E-state index in [2.05, 4.69) is 25.3 Å². The van der Waals surface area contributed by atoms with Crippen LogP contribution in [0.5, 0.6) is 0 Å². The maximum atomic E-state index is 14.1. The molecule has 128 valence electrons. The standard InChI is InChI=1S/C15H12ClFN6OS/c16-12-15(24)23(9-4-2-1-3-8(9)17)10(22-12)5-25-14-11-13(19-6-18-11)20-7-21-14/h1-4,6-7,10,12,22H,5H2,(H,18,19,20,21). The van der Waals surface area contributed by atoms with E-state index in [1.807, 2.05) is 0 Å². The van der Waals surface area contributed by atoms with E-state index in [0.717, 1.165) is 0 Å². The summed E-state index contributed by atoms with van der Waals surface area (Å²) in [6.07, 6.45) is 2.51. The average Bonchev–Trinajstić information content (AvgIpc) is 3.19. The Morgan fingerprint density at radius 2 is 2.12 bits per heavy atom. The van der Waals surface area contributed by atoms with E-state index in [1.54, 1.807) is 24.5 Å². The molecule has 0 bridgehead atoms. The number of amides is 1. The number of para-hydroxylation sites is 1. The molecule has 1 aromatic carbocycles. The van der Waals surface area contributed by atoms with Crippen LogP contribution < -0.4 is 10.2 Å². The van der Waals surface area contributed by atoms with Crippen molar-refractivity contribution < 1.29 is 9.18 Å². The SMILES string of the molecule is O=C1C(Cl)NC(CSc2ncnc3[nH]cnc23)N1c1ccccc1F. The van der Waals surface area contributed by atoms with Crippen molar-refractivity contribution in [3.63, 3.8) is 0 Å². The molecule has 1 aliphatic heterocycles. The molecule has 4 rings (SSSR count). The zero-order valence-electron chi connectivity index (χ0n) is 12.7. The number of fused-ring (bicyclic) bond motifs is 1. The number of rotatable bonds is 4. The van der Waals surface area contributed by atoms with Gasteiger partial charge >= 0.3 is 0 Å². The third kappa shape index (κ3) is 2.94. The number of hydrogen-bond donors (Lipinski definition) is 2. The first-order chi connectivity index (χ1) is 12.1. The monoisotopic (exact) mass is 378 g/mol. The Morgan fingerprint density at radius 1 is 1.28 bits per heavy atom. The van der Waals surface area contributed by atoms with E-state index in [9.17, 15) is 9.18 Å². The van der Waals surface area contributed by atoms with Gasteiger partial charge in [0.05, 0.1) is 18.2 Å². The molecule has 3 aromatic rings. The maximum absolute atomic E-state index is 14.1. The third-order valence-corrected chi connectivity index (χ3v) is 5.15. The van der Waals surface area contributed by atoms with Crippen molar-refractivity contribution in [3.8, 4) is 0 Å². The molecule has 0 aliphatic carbocycles. The summed E-state index contributed by atoms with van der Waals surface area (Å²) < 4.78 is 14.1. The van der Waals surface area contributed by atoms with E-state index in [4.69, 9.17) is 11.6 Å². The second-order valence-corrected chi connectivity index (χ2v) is 6.74. The molecule has 1 fully saturated rings. The number of carbonyl (C=O) groups is 1. The highest BCUT2D eigenvalue weighted by molar-refractivity contribution is 7.99. The lowest BCUT2D eigenvalue weighted by Gasteiger charge is -2.24. The number of aromatic amines is 1. The molecule has 1 amide bonds. The molecule has 25 heavy (non-hydrogen) atoms. The second kappa shape index (κ2) is 6.58. The number of thioether (sulfide) groups is 1. The van der Waals surface area contributed by atoms with E-state index < -0.39 is 17.5 Å². The Morgan fingerprint density at radius 3 is 2.96 bits per heavy atom. The molecule has 0 saturated carbocycles. The van der Waals surface area contributed by atoms with Gasteiger partial charge in [0.2, 0.25) is 0 Å². The number of nitrogens with one attached hydrogen (secondary N) is 2. The van der Waals surface area contributed by atoms with Crippen molar-refractivity contribution in [1.82, 2.24) is 25.3 Å². The summed E-state index contributed by atoms with van der Waals surface area (Å²) in [7, 11) is 0. The fourth-order valence-corrected chi connectivity index (χ4v) is 3.87. The van der Waals surface area contributed by atoms with Crippen molar-refractivity contribution in [2.45, 2.75) is 16.7 Å². The third-order valence-electron chi connectivity index (χ3n) is 3.78. The predicted molar refractivity (Wildman–Crippen MR) is 92.9 cm³/mol. The molecule has 1 saturated heterocycles. The largest absolute Gasteiger partial charge is 0.329 e. The second-order valence-electron chi connectivity index (χ2n) is 5.29. The molecular formula is C15H12ClFN6OS. The van der Waals surface area contributed by atoms with Crippen LogP contribution in [-0.4, -0.2) is 43.3 Å². The van der Waals surface area contributed by atoms with E-state index in [0.29, 0.717) is 21.9 Å². The Hall–Kier alpha value is -2.23. The van der Waals surface area contributed by atoms with Gasteiger partial charge < -0.3 is 4.98 Å². The molecule has 0 spiro atoms. The lowest BCUT2D eigenvalue weighted by Crippen LogP contribution is -2.40. The summed E-state index contributed by atoms with van der Waals surface area (Å²) in [5.74, 6) is -0.442. The van der Waals surface area contributed by atoms with Crippen molar-refractivity contribution in [2.24, 2.45) is 0 Å². The van der Waals surface area contributed by atoms with Crippen molar-refractivity contribution in [2.75, 3.05) is 10.7 Å². The molecule has 7 nitrogen and oxygen atoms in total. The quantitative estimate of drug-likeness (QED) is 0.313. The first-order valence-corrected chi connectivity index (χ1v) is 8.82. The van der Waals surface area contributed by atoms with E-state index >= 15 is 0 Å². The van der Waals surface area contributed by atoms with Crippen LogP contribution in [0.3, 0.4) is 0 Å². The minimum Gasteiger partial charge on any atom is -0.329 e. The van der Waals surface area contributed by atoms with Gasteiger partial charge in [0, 0.05) is 5.75 Å². The highest BCUT2D eigenvalue weighted by atomic mass is 35.5. The van der Waals surface area contributed by atoms with Crippen molar-refractivity contribution in [1.29, 1.82) is 0 Å². The summed E-state index contributed by atoms with van der Waals surface area (Å²) in [4.78, 5) is 29.1. The number of carbonyl (C=O) groups excluding carboxylic acids is 1. The van der Waals surface area contributed by atoms with Crippen LogP contribution in [0.2, 0.25) is 0 Å². The van der Waals surface area contributed by atoms with Gasteiger partial charge in [-0.25, -0.2) is 19.3 Å². The van der Waals surface area contributed by atoms with Gasteiger partial charge in [0.15, 0.2) is 11.1 Å². The first kappa shape index (κ1) is 16.2. The Labute approximate surface area is 151 Å². The number of aromatic nitrogens is 4. The number of H-pyrrole nitrogens is 1. The van der Waals surface area contributed by atoms with Crippen LogP contribution in [0.4, 0.5) is 10.1 Å². The molecule has 0 radical (unpaired) electrons. The maximum Gasteiger partial charge on any atom is 0.261 e. The van der Waals surface area contributed by atoms with Crippen LogP contribution in [0.25, 0.3) is 11.2 Å². The summed E-state index contributed by atoms with van der Waals surface area (Å²) in [6, 6.07) is 6.11. The van der Waals surface area contributed by atoms with Crippen molar-refractivity contribution >= 4 is 46.1 Å². The van der Waals surface area contributed by atoms with Crippen LogP contribution in [0, 0.1) is 5.82 Å². The number of hydrogen-bond acceptors (Lipinski definition) is 6. The number of benzene rings is 1. The zero-order valence-corrected chi connectivity index (χ0v) is 14.3. The van der Waals surface area contributed by atoms with Gasteiger partial charge in [-0.05, 0) is 12.1 Å². The van der Waals surface area contributed by atoms with Crippen LogP contribution in [0.1, 0.15) is 0 Å². The Kier molecular flexibility index (Phi) is 4.28. The van der Waals surface area contributed by atoms with Crippen molar-refractivity contribution in [3.05, 3.63) is 42.7 Å². The molecule has 1 aliphatic rings. The van der Waals surface area contributed by atoms with E-state index in [-0.39, 0.29) is 11.6 Å². The molecule has 2 unspecified atom stereocenters. The average molecular weight is 379 g/mol. The number of halogens is 2. The Balaban J connectivity index is 1.59. The van der Waals surface area contributed by atoms with Crippen LogP contribution in [0.15, 0.2) is 41.9 Å². The van der Waals surface area contributed by atoms with Gasteiger partial charge in [0.1, 0.15) is 22.7 Å². The highest BCUT2D eigenvalue weighted by Crippen LogP contribution is 2.30. The van der Waals surface area contributed by atoms with Gasteiger partial charge in [-0.15, -0.1) is 11.8 Å². The highest BCUT2D eigenvalue weighted by Gasteiger charge is 2.39. The molecule has 2 N–H and O–H groups in total. The molecule has 3 heterocycles. The van der Waals surface area contributed by atoms with Crippen LogP contribution >= 0.6 is 23.4 Å². The lowest BCUT2D eigenvalue weighted by molar-refractivity contribution is -0.117. The normalized spacial score (nSPS) is 20.6. The van der Waals surface area contributed by atoms with Gasteiger partial charge in [-0.2, -0.15) is 0 Å². The van der Waals surface area contributed by atoms with Gasteiger partial charge in [-0.1, -0.05) is 23.7 Å². The first-order valence-electron chi connectivity index (χ1n) is 7.40. The summed E-state index contributed by atoms with van der Waals surface area (Å²) >= 11 is 7.43.